The van der Waals surface area contributed by atoms with Crippen LogP contribution in [0.2, 0.25) is 0 Å². The average Bonchev–Trinajstić information content (AvgIpc) is 2.39. The van der Waals surface area contributed by atoms with Gasteiger partial charge in [0.15, 0.2) is 0 Å². The first-order valence-electron chi connectivity index (χ1n) is 6.44. The highest BCUT2D eigenvalue weighted by molar-refractivity contribution is 9.10. The van der Waals surface area contributed by atoms with Gasteiger partial charge in [0, 0.05) is 35.7 Å². The molecule has 0 radical (unpaired) electrons. The number of nitrogens with one attached hydrogen (secondary N) is 1. The summed E-state index contributed by atoms with van der Waals surface area (Å²) in [5.74, 6) is 0.921. The smallest absolute Gasteiger partial charge is 0.227 e. The van der Waals surface area contributed by atoms with Gasteiger partial charge in [0.1, 0.15) is 5.75 Å². The molecule has 4 nitrogen and oxygen atoms in total. The molecule has 1 atom stereocenters. The van der Waals surface area contributed by atoms with Crippen LogP contribution in [-0.4, -0.2) is 43.6 Å². The van der Waals surface area contributed by atoms with Gasteiger partial charge in [-0.25, -0.2) is 0 Å². The molecule has 1 heterocycles. The van der Waals surface area contributed by atoms with E-state index in [9.17, 15) is 4.79 Å². The number of rotatable bonds is 3. The van der Waals surface area contributed by atoms with Crippen LogP contribution in [0.5, 0.6) is 5.75 Å². The van der Waals surface area contributed by atoms with E-state index in [-0.39, 0.29) is 24.4 Å². The van der Waals surface area contributed by atoms with Gasteiger partial charge in [-0.2, -0.15) is 0 Å². The fourth-order valence-electron chi connectivity index (χ4n) is 2.36. The first kappa shape index (κ1) is 17.3. The Kier molecular flexibility index (Phi) is 6.79. The van der Waals surface area contributed by atoms with Crippen molar-refractivity contribution in [3.05, 3.63) is 28.2 Å². The highest BCUT2D eigenvalue weighted by Gasteiger charge is 2.23. The zero-order valence-corrected chi connectivity index (χ0v) is 14.1. The predicted octanol–water partition coefficient (Wildman–Crippen LogP) is 2.24. The number of hydrogen-bond acceptors (Lipinski definition) is 3. The number of amides is 1. The number of carbonyl (C=O) groups excluding carboxylic acids is 1. The van der Waals surface area contributed by atoms with Gasteiger partial charge < -0.3 is 15.0 Å². The maximum absolute atomic E-state index is 12.4. The lowest BCUT2D eigenvalue weighted by molar-refractivity contribution is -0.133. The van der Waals surface area contributed by atoms with Gasteiger partial charge in [-0.15, -0.1) is 12.4 Å². The Morgan fingerprint density at radius 2 is 2.30 bits per heavy atom. The number of ether oxygens (including phenoxy) is 1. The quantitative estimate of drug-likeness (QED) is 0.895. The summed E-state index contributed by atoms with van der Waals surface area (Å²) >= 11 is 3.43. The molecule has 0 aromatic heterocycles. The lowest BCUT2D eigenvalue weighted by atomic mass is 10.1. The molecule has 1 aliphatic heterocycles. The standard InChI is InChI=1S/C14H19BrN2O2.ClH/c1-10-9-16-5-6-17(10)14(18)8-11-7-12(15)3-4-13(11)19-2;/h3-4,7,10,16H,5-6,8-9H2,1-2H3;1H/t10-;/m1./s1. The Bertz CT molecular complexity index is 470. The molecule has 112 valence electrons. The van der Waals surface area contributed by atoms with Crippen molar-refractivity contribution < 1.29 is 9.53 Å². The molecule has 1 amide bonds. The second-order valence-corrected chi connectivity index (χ2v) is 5.69. The third-order valence-corrected chi connectivity index (χ3v) is 3.90. The average molecular weight is 364 g/mol. The molecule has 20 heavy (non-hydrogen) atoms. The Balaban J connectivity index is 0.00000200. The minimum atomic E-state index is 0. The predicted molar refractivity (Wildman–Crippen MR) is 85.7 cm³/mol. The van der Waals surface area contributed by atoms with Gasteiger partial charge in [0.05, 0.1) is 13.5 Å². The fourth-order valence-corrected chi connectivity index (χ4v) is 2.77. The molecule has 1 N–H and O–H groups in total. The van der Waals surface area contributed by atoms with Crippen LogP contribution in [0.4, 0.5) is 0 Å². The number of methoxy groups -OCH3 is 1. The van der Waals surface area contributed by atoms with Crippen LogP contribution in [0.15, 0.2) is 22.7 Å². The van der Waals surface area contributed by atoms with E-state index < -0.39 is 0 Å². The van der Waals surface area contributed by atoms with Gasteiger partial charge in [-0.05, 0) is 25.1 Å². The number of piperazine rings is 1. The molecule has 0 spiro atoms. The van der Waals surface area contributed by atoms with Crippen LogP contribution in [-0.2, 0) is 11.2 Å². The lowest BCUT2D eigenvalue weighted by Gasteiger charge is -2.34. The van der Waals surface area contributed by atoms with Crippen LogP contribution in [0.1, 0.15) is 12.5 Å². The summed E-state index contributed by atoms with van der Waals surface area (Å²) < 4.78 is 6.27. The molecule has 1 aromatic rings. The summed E-state index contributed by atoms with van der Waals surface area (Å²) in [6.45, 7) is 4.57. The van der Waals surface area contributed by atoms with Crippen LogP contribution in [0, 0.1) is 0 Å². The molecular formula is C14H20BrClN2O2. The number of hydrogen-bond donors (Lipinski definition) is 1. The van der Waals surface area contributed by atoms with E-state index >= 15 is 0 Å². The highest BCUT2D eigenvalue weighted by Crippen LogP contribution is 2.24. The van der Waals surface area contributed by atoms with E-state index in [1.165, 1.54) is 0 Å². The van der Waals surface area contributed by atoms with Crippen molar-refractivity contribution in [3.63, 3.8) is 0 Å². The third kappa shape index (κ3) is 4.11. The maximum atomic E-state index is 12.4. The van der Waals surface area contributed by atoms with Crippen molar-refractivity contribution in [2.45, 2.75) is 19.4 Å². The number of carbonyl (C=O) groups is 1. The zero-order chi connectivity index (χ0) is 13.8. The van der Waals surface area contributed by atoms with Crippen LogP contribution in [0.3, 0.4) is 0 Å². The van der Waals surface area contributed by atoms with E-state index in [4.69, 9.17) is 4.74 Å². The minimum Gasteiger partial charge on any atom is -0.496 e. The molecule has 0 aliphatic carbocycles. The Morgan fingerprint density at radius 1 is 1.55 bits per heavy atom. The van der Waals surface area contributed by atoms with Crippen molar-refractivity contribution in [1.82, 2.24) is 10.2 Å². The Labute approximate surface area is 134 Å². The van der Waals surface area contributed by atoms with E-state index in [1.54, 1.807) is 7.11 Å². The largest absolute Gasteiger partial charge is 0.496 e. The number of nitrogens with zero attached hydrogens (tertiary/aromatic N) is 1. The van der Waals surface area contributed by atoms with Crippen LogP contribution < -0.4 is 10.1 Å². The topological polar surface area (TPSA) is 41.6 Å². The molecule has 1 aliphatic rings. The van der Waals surface area contributed by atoms with Gasteiger partial charge in [0.25, 0.3) is 0 Å². The summed E-state index contributed by atoms with van der Waals surface area (Å²) in [6, 6.07) is 6.00. The van der Waals surface area contributed by atoms with Gasteiger partial charge in [-0.3, -0.25) is 4.79 Å². The van der Waals surface area contributed by atoms with Crippen molar-refractivity contribution in [2.75, 3.05) is 26.7 Å². The van der Waals surface area contributed by atoms with Gasteiger partial charge in [-0.1, -0.05) is 15.9 Å². The molecular weight excluding hydrogens is 344 g/mol. The van der Waals surface area contributed by atoms with E-state index in [0.29, 0.717) is 6.42 Å². The Morgan fingerprint density at radius 3 is 2.95 bits per heavy atom. The molecule has 1 fully saturated rings. The van der Waals surface area contributed by atoms with Gasteiger partial charge >= 0.3 is 0 Å². The van der Waals surface area contributed by atoms with Crippen molar-refractivity contribution in [3.8, 4) is 5.75 Å². The van der Waals surface area contributed by atoms with Crippen molar-refractivity contribution in [2.24, 2.45) is 0 Å². The van der Waals surface area contributed by atoms with E-state index in [2.05, 4.69) is 28.2 Å². The van der Waals surface area contributed by atoms with Gasteiger partial charge in [0.2, 0.25) is 5.91 Å². The SMILES string of the molecule is COc1ccc(Br)cc1CC(=O)N1CCNC[C@H]1C.Cl. The van der Waals surface area contributed by atoms with E-state index in [0.717, 1.165) is 35.4 Å². The Hall–Kier alpha value is -0.780. The van der Waals surface area contributed by atoms with Crippen LogP contribution in [0.25, 0.3) is 0 Å². The summed E-state index contributed by atoms with van der Waals surface area (Å²) in [6.07, 6.45) is 0.382. The highest BCUT2D eigenvalue weighted by atomic mass is 79.9. The normalized spacial score (nSPS) is 18.4. The second-order valence-electron chi connectivity index (χ2n) is 4.77. The molecule has 1 saturated heterocycles. The maximum Gasteiger partial charge on any atom is 0.227 e. The summed E-state index contributed by atoms with van der Waals surface area (Å²) in [5.41, 5.74) is 0.924. The third-order valence-electron chi connectivity index (χ3n) is 3.41. The second kappa shape index (κ2) is 7.86. The minimum absolute atomic E-state index is 0. The monoisotopic (exact) mass is 362 g/mol. The first-order valence-corrected chi connectivity index (χ1v) is 7.23. The summed E-state index contributed by atoms with van der Waals surface area (Å²) in [4.78, 5) is 14.3. The van der Waals surface area contributed by atoms with E-state index in [1.807, 2.05) is 23.1 Å². The number of benzene rings is 1. The molecule has 1 aromatic carbocycles. The number of halogens is 2. The summed E-state index contributed by atoms with van der Waals surface area (Å²) in [7, 11) is 1.63. The van der Waals surface area contributed by atoms with Crippen molar-refractivity contribution in [1.29, 1.82) is 0 Å². The first-order chi connectivity index (χ1) is 9.11. The molecule has 2 rings (SSSR count). The zero-order valence-electron chi connectivity index (χ0n) is 11.7. The van der Waals surface area contributed by atoms with Crippen LogP contribution >= 0.6 is 28.3 Å². The lowest BCUT2D eigenvalue weighted by Crippen LogP contribution is -2.52. The summed E-state index contributed by atoms with van der Waals surface area (Å²) in [5, 5.41) is 3.29. The molecule has 0 bridgehead atoms. The van der Waals surface area contributed by atoms with Crippen molar-refractivity contribution >= 4 is 34.2 Å². The molecule has 0 unspecified atom stereocenters. The molecule has 6 heteroatoms. The fraction of sp³-hybridized carbons (Fsp3) is 0.500. The molecule has 0 saturated carbocycles.